The minimum atomic E-state index is 0.524. The molecule has 4 heterocycles. The number of rotatable bonds is 5. The molecule has 0 fully saturated rings. The normalized spacial score (nSPS) is 11.8. The lowest BCUT2D eigenvalue weighted by atomic mass is 10.1. The van der Waals surface area contributed by atoms with Gasteiger partial charge in [0, 0.05) is 53.3 Å². The third-order valence-corrected chi connectivity index (χ3v) is 11.1. The second-order valence-corrected chi connectivity index (χ2v) is 14.1. The lowest BCUT2D eigenvalue weighted by Crippen LogP contribution is -2.00. The van der Waals surface area contributed by atoms with E-state index in [0.29, 0.717) is 28.9 Å². The summed E-state index contributed by atoms with van der Waals surface area (Å²) in [7, 11) is 0. The highest BCUT2D eigenvalue weighted by Crippen LogP contribution is 2.41. The van der Waals surface area contributed by atoms with Crippen molar-refractivity contribution in [2.45, 2.75) is 0 Å². The van der Waals surface area contributed by atoms with Crippen molar-refractivity contribution in [1.29, 1.82) is 0 Å². The number of thiophene rings is 1. The summed E-state index contributed by atoms with van der Waals surface area (Å²) in [5.41, 5.74) is 8.28. The van der Waals surface area contributed by atoms with Crippen LogP contribution < -0.4 is 0 Å². The summed E-state index contributed by atoms with van der Waals surface area (Å²) in [6, 6.07) is 56.3. The summed E-state index contributed by atoms with van der Waals surface area (Å²) in [4.78, 5) is 20.5. The van der Waals surface area contributed by atoms with Gasteiger partial charge < -0.3 is 8.98 Å². The lowest BCUT2D eigenvalue weighted by molar-refractivity contribution is 0.620. The number of fused-ring (bicyclic) bond motifs is 7. The average molecular weight is 698 g/mol. The lowest BCUT2D eigenvalue weighted by Gasteiger charge is -2.10. The molecule has 0 radical (unpaired) electrons. The van der Waals surface area contributed by atoms with Crippen LogP contribution in [0, 0.1) is 0 Å². The van der Waals surface area contributed by atoms with Crippen LogP contribution in [0.25, 0.3) is 104 Å². The van der Waals surface area contributed by atoms with Gasteiger partial charge in [0.15, 0.2) is 23.1 Å². The van der Waals surface area contributed by atoms with Gasteiger partial charge in [-0.3, -0.25) is 0 Å². The van der Waals surface area contributed by atoms with Crippen LogP contribution in [0.5, 0.6) is 0 Å². The quantitative estimate of drug-likeness (QED) is 0.179. The first-order valence-electron chi connectivity index (χ1n) is 17.5. The standard InChI is InChI=1S/C46H27N5OS/c1-3-13-28(14-4-1)46-47-37-22-12-20-34(41(37)52-46)44-48-43(49-45(50-44)35-21-11-19-33-32-18-8-10-24-40(32)53-42(33)35)29-25-26-39-36(27-29)31-17-7-9-23-38(31)51(39)30-15-5-2-6-16-30/h1-27H. The van der Waals surface area contributed by atoms with Gasteiger partial charge in [-0.25, -0.2) is 19.9 Å². The molecule has 0 aliphatic carbocycles. The Morgan fingerprint density at radius 1 is 0.453 bits per heavy atom. The Hall–Kier alpha value is -6.96. The fourth-order valence-corrected chi connectivity index (χ4v) is 8.68. The fourth-order valence-electron chi connectivity index (χ4n) is 7.47. The maximum absolute atomic E-state index is 6.48. The highest BCUT2D eigenvalue weighted by Gasteiger charge is 2.21. The fraction of sp³-hybridized carbons (Fsp3) is 0. The summed E-state index contributed by atoms with van der Waals surface area (Å²) >= 11 is 1.76. The van der Waals surface area contributed by atoms with Gasteiger partial charge in [-0.05, 0) is 72.8 Å². The molecule has 11 aromatic rings. The maximum atomic E-state index is 6.48. The second-order valence-electron chi connectivity index (χ2n) is 13.0. The van der Waals surface area contributed by atoms with E-state index in [1.54, 1.807) is 11.3 Å². The van der Waals surface area contributed by atoms with E-state index >= 15 is 0 Å². The largest absolute Gasteiger partial charge is 0.435 e. The van der Waals surface area contributed by atoms with Gasteiger partial charge in [0.25, 0.3) is 0 Å². The minimum Gasteiger partial charge on any atom is -0.435 e. The van der Waals surface area contributed by atoms with Crippen LogP contribution in [0.15, 0.2) is 168 Å². The van der Waals surface area contributed by atoms with E-state index in [9.17, 15) is 0 Å². The van der Waals surface area contributed by atoms with Crippen LogP contribution in [-0.4, -0.2) is 24.5 Å². The Bertz CT molecular complexity index is 3180. The number of oxazole rings is 1. The average Bonchev–Trinajstić information content (AvgIpc) is 3.93. The zero-order valence-corrected chi connectivity index (χ0v) is 29.0. The molecule has 0 bridgehead atoms. The Morgan fingerprint density at radius 3 is 1.98 bits per heavy atom. The molecule has 0 unspecified atom stereocenters. The third kappa shape index (κ3) is 4.79. The summed E-state index contributed by atoms with van der Waals surface area (Å²) in [6.45, 7) is 0. The van der Waals surface area contributed by atoms with E-state index in [2.05, 4.69) is 114 Å². The Labute approximate surface area is 307 Å². The molecule has 0 aliphatic heterocycles. The molecule has 0 N–H and O–H groups in total. The topological polar surface area (TPSA) is 69.6 Å². The zero-order valence-electron chi connectivity index (χ0n) is 28.1. The molecule has 0 amide bonds. The third-order valence-electron chi connectivity index (χ3n) is 9.90. The van der Waals surface area contributed by atoms with Crippen molar-refractivity contribution < 1.29 is 4.42 Å². The Balaban J connectivity index is 1.16. The molecular formula is C46H27N5OS. The Morgan fingerprint density at radius 2 is 1.11 bits per heavy atom. The molecule has 4 aromatic heterocycles. The molecule has 11 rings (SSSR count). The monoisotopic (exact) mass is 697 g/mol. The van der Waals surface area contributed by atoms with E-state index in [-0.39, 0.29) is 0 Å². The number of para-hydroxylation sites is 3. The summed E-state index contributed by atoms with van der Waals surface area (Å²) in [5.74, 6) is 2.27. The predicted molar refractivity (Wildman–Crippen MR) is 216 cm³/mol. The number of aromatic nitrogens is 5. The van der Waals surface area contributed by atoms with Crippen LogP contribution in [0.4, 0.5) is 0 Å². The molecule has 0 atom stereocenters. The molecule has 0 saturated carbocycles. The van der Waals surface area contributed by atoms with Gasteiger partial charge in [-0.1, -0.05) is 91.0 Å². The highest BCUT2D eigenvalue weighted by atomic mass is 32.1. The van der Waals surface area contributed by atoms with E-state index in [1.165, 1.54) is 15.5 Å². The molecule has 53 heavy (non-hydrogen) atoms. The van der Waals surface area contributed by atoms with Gasteiger partial charge >= 0.3 is 0 Å². The molecular weight excluding hydrogens is 671 g/mol. The zero-order chi connectivity index (χ0) is 34.9. The van der Waals surface area contributed by atoms with Crippen LogP contribution >= 0.6 is 11.3 Å². The minimum absolute atomic E-state index is 0.524. The SMILES string of the molecule is c1ccc(-c2nc3cccc(-c4nc(-c5ccc6c(c5)c5ccccc5n6-c5ccccc5)nc(-c5cccc6c5sc5ccccc56)n4)c3o2)cc1. The summed E-state index contributed by atoms with van der Waals surface area (Å²) in [6.07, 6.45) is 0. The molecule has 7 aromatic carbocycles. The summed E-state index contributed by atoms with van der Waals surface area (Å²) in [5, 5.41) is 4.70. The van der Waals surface area contributed by atoms with Gasteiger partial charge in [0.1, 0.15) is 5.52 Å². The molecule has 0 aliphatic rings. The molecule has 0 saturated heterocycles. The van der Waals surface area contributed by atoms with Gasteiger partial charge in [0.2, 0.25) is 5.89 Å². The smallest absolute Gasteiger partial charge is 0.227 e. The van der Waals surface area contributed by atoms with Crippen molar-refractivity contribution >= 4 is 64.4 Å². The van der Waals surface area contributed by atoms with E-state index < -0.39 is 0 Å². The number of hydrogen-bond donors (Lipinski definition) is 0. The second kappa shape index (κ2) is 11.8. The van der Waals surface area contributed by atoms with Crippen LogP contribution in [0.2, 0.25) is 0 Å². The first-order valence-corrected chi connectivity index (χ1v) is 18.3. The summed E-state index contributed by atoms with van der Waals surface area (Å²) < 4.78 is 11.2. The molecule has 0 spiro atoms. The van der Waals surface area contributed by atoms with Gasteiger partial charge in [0.05, 0.1) is 16.6 Å². The van der Waals surface area contributed by atoms with Crippen LogP contribution in [-0.2, 0) is 0 Å². The number of hydrogen-bond acceptors (Lipinski definition) is 6. The van der Waals surface area contributed by atoms with Gasteiger partial charge in [-0.15, -0.1) is 11.3 Å². The van der Waals surface area contributed by atoms with Crippen LogP contribution in [0.1, 0.15) is 0 Å². The van der Waals surface area contributed by atoms with Crippen LogP contribution in [0.3, 0.4) is 0 Å². The van der Waals surface area contributed by atoms with Crippen molar-refractivity contribution in [3.05, 3.63) is 164 Å². The van der Waals surface area contributed by atoms with E-state index in [4.69, 9.17) is 24.4 Å². The molecule has 7 heteroatoms. The Kier molecular flexibility index (Phi) is 6.62. The first-order chi connectivity index (χ1) is 26.3. The van der Waals surface area contributed by atoms with Crippen molar-refractivity contribution in [3.8, 4) is 51.3 Å². The van der Waals surface area contributed by atoms with Gasteiger partial charge in [-0.2, -0.15) is 0 Å². The predicted octanol–water partition coefficient (Wildman–Crippen LogP) is 12.1. The van der Waals surface area contributed by atoms with Crippen molar-refractivity contribution in [2.24, 2.45) is 0 Å². The van der Waals surface area contributed by atoms with Crippen molar-refractivity contribution in [1.82, 2.24) is 24.5 Å². The molecule has 6 nitrogen and oxygen atoms in total. The number of nitrogens with zero attached hydrogens (tertiary/aromatic N) is 5. The maximum Gasteiger partial charge on any atom is 0.227 e. The first kappa shape index (κ1) is 29.7. The molecule has 248 valence electrons. The highest BCUT2D eigenvalue weighted by molar-refractivity contribution is 7.26. The van der Waals surface area contributed by atoms with E-state index in [0.717, 1.165) is 60.0 Å². The van der Waals surface area contributed by atoms with E-state index in [1.807, 2.05) is 54.6 Å². The van der Waals surface area contributed by atoms with Crippen molar-refractivity contribution in [3.63, 3.8) is 0 Å². The number of benzene rings is 7. The van der Waals surface area contributed by atoms with Crippen molar-refractivity contribution in [2.75, 3.05) is 0 Å².